The summed E-state index contributed by atoms with van der Waals surface area (Å²) in [6.07, 6.45) is 0.223. The lowest BCUT2D eigenvalue weighted by Crippen LogP contribution is -2.21. The molecule has 0 fully saturated rings. The molecule has 1 atom stereocenters. The Balaban J connectivity index is 1.94. The Morgan fingerprint density at radius 1 is 0.943 bits per heavy atom. The molecule has 0 aliphatic rings. The monoisotopic (exact) mass is 480 g/mol. The SMILES string of the molecule is COc1ccc(F)c(-c2ccc(COc3cccc(CCC(=O)O)c3)cc2[C@@H](OC)C(C)(C)C)c1. The third-order valence-corrected chi connectivity index (χ3v) is 5.82. The van der Waals surface area contributed by atoms with Gasteiger partial charge in [0.05, 0.1) is 13.2 Å². The van der Waals surface area contributed by atoms with E-state index in [0.29, 0.717) is 30.1 Å². The van der Waals surface area contributed by atoms with Gasteiger partial charge >= 0.3 is 5.97 Å². The molecule has 186 valence electrons. The fraction of sp³-hybridized carbons (Fsp3) is 0.345. The van der Waals surface area contributed by atoms with Gasteiger partial charge in [-0.3, -0.25) is 4.79 Å². The summed E-state index contributed by atoms with van der Waals surface area (Å²) in [5, 5.41) is 8.92. The number of benzene rings is 3. The molecule has 0 aliphatic carbocycles. The minimum absolute atomic E-state index is 0.0698. The largest absolute Gasteiger partial charge is 0.497 e. The van der Waals surface area contributed by atoms with Crippen molar-refractivity contribution in [3.05, 3.63) is 83.2 Å². The third-order valence-electron chi connectivity index (χ3n) is 5.82. The van der Waals surface area contributed by atoms with Gasteiger partial charge < -0.3 is 19.3 Å². The van der Waals surface area contributed by atoms with E-state index in [1.807, 2.05) is 42.5 Å². The van der Waals surface area contributed by atoms with Crippen LogP contribution in [0, 0.1) is 11.2 Å². The number of carbonyl (C=O) groups is 1. The minimum atomic E-state index is -0.831. The molecule has 3 aromatic rings. The summed E-state index contributed by atoms with van der Waals surface area (Å²) in [6, 6.07) is 18.0. The molecule has 1 N–H and O–H groups in total. The van der Waals surface area contributed by atoms with Crippen LogP contribution < -0.4 is 9.47 Å². The molecule has 0 aliphatic heterocycles. The van der Waals surface area contributed by atoms with Crippen LogP contribution in [-0.2, 0) is 22.6 Å². The summed E-state index contributed by atoms with van der Waals surface area (Å²) in [6.45, 7) is 6.55. The first-order chi connectivity index (χ1) is 16.6. The number of carboxylic acids is 1. The number of halogens is 1. The summed E-state index contributed by atoms with van der Waals surface area (Å²) in [5.41, 5.74) is 3.63. The molecule has 0 saturated heterocycles. The fourth-order valence-corrected chi connectivity index (χ4v) is 4.16. The second-order valence-electron chi connectivity index (χ2n) is 9.58. The van der Waals surface area contributed by atoms with Gasteiger partial charge in [-0.15, -0.1) is 0 Å². The van der Waals surface area contributed by atoms with E-state index in [-0.39, 0.29) is 23.8 Å². The van der Waals surface area contributed by atoms with Crippen molar-refractivity contribution in [3.8, 4) is 22.6 Å². The van der Waals surface area contributed by atoms with Crippen molar-refractivity contribution in [1.29, 1.82) is 0 Å². The molecule has 3 aromatic carbocycles. The van der Waals surface area contributed by atoms with Gasteiger partial charge in [0, 0.05) is 19.1 Å². The molecule has 0 spiro atoms. The van der Waals surface area contributed by atoms with Crippen LogP contribution in [0.1, 0.15) is 50.0 Å². The molecule has 0 saturated carbocycles. The number of carboxylic acid groups (broad SMARTS) is 1. The molecule has 3 rings (SSSR count). The van der Waals surface area contributed by atoms with Gasteiger partial charge in [0.25, 0.3) is 0 Å². The van der Waals surface area contributed by atoms with Gasteiger partial charge in [-0.05, 0) is 70.5 Å². The summed E-state index contributed by atoms with van der Waals surface area (Å²) in [7, 11) is 3.22. The molecular weight excluding hydrogens is 447 g/mol. The van der Waals surface area contributed by atoms with Gasteiger partial charge in [0.2, 0.25) is 0 Å². The Bertz CT molecular complexity index is 1170. The lowest BCUT2D eigenvalue weighted by Gasteiger charge is -2.32. The molecule has 5 nitrogen and oxygen atoms in total. The Kier molecular flexibility index (Phi) is 8.52. The number of ether oxygens (including phenoxy) is 3. The second-order valence-corrected chi connectivity index (χ2v) is 9.58. The van der Waals surface area contributed by atoms with E-state index >= 15 is 0 Å². The Morgan fingerprint density at radius 2 is 1.71 bits per heavy atom. The summed E-state index contributed by atoms with van der Waals surface area (Å²) in [4.78, 5) is 10.9. The smallest absolute Gasteiger partial charge is 0.303 e. The number of hydrogen-bond acceptors (Lipinski definition) is 4. The van der Waals surface area contributed by atoms with Crippen molar-refractivity contribution in [1.82, 2.24) is 0 Å². The van der Waals surface area contributed by atoms with E-state index in [2.05, 4.69) is 20.8 Å². The van der Waals surface area contributed by atoms with Crippen molar-refractivity contribution < 1.29 is 28.5 Å². The third kappa shape index (κ3) is 6.83. The second kappa shape index (κ2) is 11.4. The zero-order valence-corrected chi connectivity index (χ0v) is 20.9. The average Bonchev–Trinajstić information content (AvgIpc) is 2.82. The van der Waals surface area contributed by atoms with E-state index in [9.17, 15) is 9.18 Å². The van der Waals surface area contributed by atoms with Crippen LogP contribution in [0.25, 0.3) is 11.1 Å². The zero-order chi connectivity index (χ0) is 25.6. The average molecular weight is 481 g/mol. The van der Waals surface area contributed by atoms with Crippen LogP contribution in [0.4, 0.5) is 4.39 Å². The van der Waals surface area contributed by atoms with Crippen molar-refractivity contribution in [2.45, 2.75) is 46.3 Å². The molecule has 0 unspecified atom stereocenters. The van der Waals surface area contributed by atoms with Crippen molar-refractivity contribution in [2.75, 3.05) is 14.2 Å². The van der Waals surface area contributed by atoms with Gasteiger partial charge in [0.1, 0.15) is 23.9 Å². The van der Waals surface area contributed by atoms with Gasteiger partial charge in [-0.2, -0.15) is 0 Å². The summed E-state index contributed by atoms with van der Waals surface area (Å²) >= 11 is 0. The predicted molar refractivity (Wildman–Crippen MR) is 134 cm³/mol. The highest BCUT2D eigenvalue weighted by Gasteiger charge is 2.29. The number of aliphatic carboxylic acids is 1. The predicted octanol–water partition coefficient (Wildman–Crippen LogP) is 6.83. The maximum atomic E-state index is 14.9. The molecule has 0 amide bonds. The number of aryl methyl sites for hydroxylation is 1. The normalized spacial score (nSPS) is 12.3. The van der Waals surface area contributed by atoms with Crippen LogP contribution in [0.15, 0.2) is 60.7 Å². The van der Waals surface area contributed by atoms with Crippen LogP contribution in [0.2, 0.25) is 0 Å². The van der Waals surface area contributed by atoms with Gasteiger partial charge in [0.15, 0.2) is 0 Å². The molecular formula is C29H33FO5. The van der Waals surface area contributed by atoms with Crippen LogP contribution in [0.3, 0.4) is 0 Å². The highest BCUT2D eigenvalue weighted by atomic mass is 19.1. The minimum Gasteiger partial charge on any atom is -0.497 e. The van der Waals surface area contributed by atoms with E-state index in [0.717, 1.165) is 22.3 Å². The van der Waals surface area contributed by atoms with E-state index in [1.165, 1.54) is 6.07 Å². The first-order valence-electron chi connectivity index (χ1n) is 11.6. The topological polar surface area (TPSA) is 65.0 Å². The molecule has 0 bridgehead atoms. The molecule has 35 heavy (non-hydrogen) atoms. The van der Waals surface area contributed by atoms with E-state index < -0.39 is 5.97 Å². The highest BCUT2D eigenvalue weighted by molar-refractivity contribution is 5.70. The maximum absolute atomic E-state index is 14.9. The lowest BCUT2D eigenvalue weighted by molar-refractivity contribution is -0.136. The Labute approximate surface area is 206 Å². The maximum Gasteiger partial charge on any atom is 0.303 e. The van der Waals surface area contributed by atoms with Crippen LogP contribution in [0.5, 0.6) is 11.5 Å². The van der Waals surface area contributed by atoms with Crippen LogP contribution in [-0.4, -0.2) is 25.3 Å². The van der Waals surface area contributed by atoms with Gasteiger partial charge in [-0.1, -0.05) is 45.0 Å². The van der Waals surface area contributed by atoms with Crippen molar-refractivity contribution in [3.63, 3.8) is 0 Å². The van der Waals surface area contributed by atoms with Crippen LogP contribution >= 0.6 is 0 Å². The lowest BCUT2D eigenvalue weighted by atomic mass is 9.81. The van der Waals surface area contributed by atoms with E-state index in [1.54, 1.807) is 26.4 Å². The Morgan fingerprint density at radius 3 is 2.37 bits per heavy atom. The highest BCUT2D eigenvalue weighted by Crippen LogP contribution is 2.42. The number of hydrogen-bond donors (Lipinski definition) is 1. The Hall–Kier alpha value is -3.38. The standard InChI is InChI=1S/C29H33FO5/c1-29(2,3)28(34-5)25-16-20(9-12-23(25)24-17-21(33-4)11-13-26(24)30)18-35-22-8-6-7-19(15-22)10-14-27(31)32/h6-9,11-13,15-17,28H,10,14,18H2,1-5H3,(H,31,32)/t28-/m1/s1. The first kappa shape index (κ1) is 26.2. The fourth-order valence-electron chi connectivity index (χ4n) is 4.16. The zero-order valence-electron chi connectivity index (χ0n) is 20.9. The van der Waals surface area contributed by atoms with Crippen molar-refractivity contribution >= 4 is 5.97 Å². The number of rotatable bonds is 10. The molecule has 0 heterocycles. The van der Waals surface area contributed by atoms with Crippen molar-refractivity contribution in [2.24, 2.45) is 5.41 Å². The molecule has 0 radical (unpaired) electrons. The molecule has 6 heteroatoms. The number of methoxy groups -OCH3 is 2. The first-order valence-corrected chi connectivity index (χ1v) is 11.6. The van der Waals surface area contributed by atoms with Gasteiger partial charge in [-0.25, -0.2) is 4.39 Å². The molecule has 0 aromatic heterocycles. The quantitative estimate of drug-likeness (QED) is 0.344. The van der Waals surface area contributed by atoms with E-state index in [4.69, 9.17) is 19.3 Å². The summed E-state index contributed by atoms with van der Waals surface area (Å²) < 4.78 is 32.1. The summed E-state index contributed by atoms with van der Waals surface area (Å²) in [5.74, 6) is 0.0738.